The molecule has 2 N–H and O–H groups in total. The van der Waals surface area contributed by atoms with Crippen molar-refractivity contribution in [2.75, 3.05) is 40.0 Å². The van der Waals surface area contributed by atoms with Crippen LogP contribution in [-0.2, 0) is 16.0 Å². The van der Waals surface area contributed by atoms with Gasteiger partial charge >= 0.3 is 5.97 Å². The maximum Gasteiger partial charge on any atom is 0.307 e. The van der Waals surface area contributed by atoms with E-state index in [1.54, 1.807) is 0 Å². The molecular weight excluding hydrogens is 461 g/mol. The topological polar surface area (TPSA) is 81.2 Å². The highest BCUT2D eigenvalue weighted by atomic mass is 127. The van der Waals surface area contributed by atoms with Crippen molar-refractivity contribution in [3.05, 3.63) is 23.8 Å². The summed E-state index contributed by atoms with van der Waals surface area (Å²) in [6, 6.07) is 5.99. The van der Waals surface area contributed by atoms with Gasteiger partial charge in [-0.3, -0.25) is 9.79 Å². The lowest BCUT2D eigenvalue weighted by Gasteiger charge is -2.14. The number of carbonyl (C=O) groups is 1. The van der Waals surface area contributed by atoms with E-state index in [1.807, 2.05) is 39.0 Å². The van der Waals surface area contributed by atoms with Crippen molar-refractivity contribution in [2.24, 2.45) is 4.99 Å². The van der Waals surface area contributed by atoms with Gasteiger partial charge in [0.15, 0.2) is 17.5 Å². The van der Waals surface area contributed by atoms with E-state index in [0.717, 1.165) is 30.0 Å². The van der Waals surface area contributed by atoms with Crippen LogP contribution in [0.3, 0.4) is 0 Å². The van der Waals surface area contributed by atoms with Gasteiger partial charge in [0.1, 0.15) is 0 Å². The molecule has 8 heteroatoms. The predicted octanol–water partition coefficient (Wildman–Crippen LogP) is 2.76. The average Bonchev–Trinajstić information content (AvgIpc) is 2.64. The monoisotopic (exact) mass is 493 g/mol. The summed E-state index contributed by atoms with van der Waals surface area (Å²) < 4.78 is 15.9. The van der Waals surface area contributed by atoms with Crippen LogP contribution >= 0.6 is 24.0 Å². The molecule has 0 fully saturated rings. The molecule has 0 radical (unpaired) electrons. The molecule has 0 amide bonds. The minimum absolute atomic E-state index is 0. The lowest BCUT2D eigenvalue weighted by molar-refractivity contribution is -0.140. The zero-order chi connectivity index (χ0) is 19.2. The fourth-order valence-corrected chi connectivity index (χ4v) is 2.28. The number of aliphatic imine (C=N–C) groups is 1. The van der Waals surface area contributed by atoms with E-state index < -0.39 is 0 Å². The number of hydrogen-bond acceptors (Lipinski definition) is 5. The molecule has 0 unspecified atom stereocenters. The van der Waals surface area contributed by atoms with Gasteiger partial charge in [-0.2, -0.15) is 0 Å². The Morgan fingerprint density at radius 3 is 2.41 bits per heavy atom. The standard InChI is InChI=1S/C19H31N3O4.HI/c1-5-20-19(22-13-11-18(23)24-4)21-12-10-15-8-9-16(25-6-2)17(14-15)26-7-3;/h8-9,14H,5-7,10-13H2,1-4H3,(H2,20,21,22);1H. The van der Waals surface area contributed by atoms with E-state index in [-0.39, 0.29) is 36.4 Å². The van der Waals surface area contributed by atoms with Crippen molar-refractivity contribution in [2.45, 2.75) is 33.6 Å². The first-order chi connectivity index (χ1) is 12.6. The summed E-state index contributed by atoms with van der Waals surface area (Å²) >= 11 is 0. The van der Waals surface area contributed by atoms with Gasteiger partial charge in [0.25, 0.3) is 0 Å². The summed E-state index contributed by atoms with van der Waals surface area (Å²) in [6.45, 7) is 8.96. The van der Waals surface area contributed by atoms with Crippen LogP contribution < -0.4 is 20.1 Å². The number of halogens is 1. The third kappa shape index (κ3) is 10.3. The van der Waals surface area contributed by atoms with E-state index in [2.05, 4.69) is 20.4 Å². The fraction of sp³-hybridized carbons (Fsp3) is 0.579. The van der Waals surface area contributed by atoms with Gasteiger partial charge < -0.3 is 24.8 Å². The second kappa shape index (κ2) is 15.4. The number of rotatable bonds is 11. The molecule has 0 aliphatic carbocycles. The first-order valence-electron chi connectivity index (χ1n) is 9.12. The van der Waals surface area contributed by atoms with Crippen LogP contribution in [0.1, 0.15) is 32.8 Å². The Bertz CT molecular complexity index is 582. The molecule has 154 valence electrons. The summed E-state index contributed by atoms with van der Waals surface area (Å²) in [6.07, 6.45) is 1.08. The van der Waals surface area contributed by atoms with Crippen LogP contribution in [0.25, 0.3) is 0 Å². The molecule has 0 saturated heterocycles. The van der Waals surface area contributed by atoms with Crippen LogP contribution in [0.4, 0.5) is 0 Å². The summed E-state index contributed by atoms with van der Waals surface area (Å²) in [5.41, 5.74) is 1.15. The molecule has 0 heterocycles. The highest BCUT2D eigenvalue weighted by Crippen LogP contribution is 2.28. The minimum Gasteiger partial charge on any atom is -0.490 e. The Hall–Kier alpha value is -1.71. The third-order valence-electron chi connectivity index (χ3n) is 3.47. The molecular formula is C19H32IN3O4. The number of hydrogen-bond donors (Lipinski definition) is 2. The zero-order valence-corrected chi connectivity index (χ0v) is 19.0. The normalized spacial score (nSPS) is 10.6. The van der Waals surface area contributed by atoms with Gasteiger partial charge in [-0.15, -0.1) is 24.0 Å². The van der Waals surface area contributed by atoms with Gasteiger partial charge in [0.05, 0.1) is 33.3 Å². The van der Waals surface area contributed by atoms with Crippen molar-refractivity contribution in [1.82, 2.24) is 10.6 Å². The van der Waals surface area contributed by atoms with E-state index in [4.69, 9.17) is 9.47 Å². The van der Waals surface area contributed by atoms with Gasteiger partial charge in [0, 0.05) is 13.1 Å². The van der Waals surface area contributed by atoms with Gasteiger partial charge in [-0.05, 0) is 44.9 Å². The van der Waals surface area contributed by atoms with Crippen LogP contribution in [0.2, 0.25) is 0 Å². The number of nitrogens with zero attached hydrogens (tertiary/aromatic N) is 1. The maximum atomic E-state index is 11.2. The van der Waals surface area contributed by atoms with Crippen LogP contribution in [0.15, 0.2) is 23.2 Å². The van der Waals surface area contributed by atoms with Crippen molar-refractivity contribution < 1.29 is 19.0 Å². The van der Waals surface area contributed by atoms with E-state index in [0.29, 0.717) is 32.3 Å². The SMILES string of the molecule is CCNC(=NCCC(=O)OC)NCCc1ccc(OCC)c(OCC)c1.I. The molecule has 0 aromatic heterocycles. The predicted molar refractivity (Wildman–Crippen MR) is 119 cm³/mol. The summed E-state index contributed by atoms with van der Waals surface area (Å²) in [4.78, 5) is 15.5. The molecule has 7 nitrogen and oxygen atoms in total. The molecule has 1 rings (SSSR count). The quantitative estimate of drug-likeness (QED) is 0.214. The van der Waals surface area contributed by atoms with Crippen LogP contribution in [-0.4, -0.2) is 51.9 Å². The number of ether oxygens (including phenoxy) is 3. The lowest BCUT2D eigenvalue weighted by Crippen LogP contribution is -2.38. The van der Waals surface area contributed by atoms with E-state index in [9.17, 15) is 4.79 Å². The number of nitrogens with one attached hydrogen (secondary N) is 2. The van der Waals surface area contributed by atoms with E-state index in [1.165, 1.54) is 7.11 Å². The first kappa shape index (κ1) is 25.3. The Kier molecular flexibility index (Phi) is 14.4. The largest absolute Gasteiger partial charge is 0.490 e. The molecule has 0 atom stereocenters. The minimum atomic E-state index is -0.262. The number of methoxy groups -OCH3 is 1. The number of benzene rings is 1. The van der Waals surface area contributed by atoms with Crippen LogP contribution in [0, 0.1) is 0 Å². The average molecular weight is 493 g/mol. The maximum absolute atomic E-state index is 11.2. The molecule has 0 spiro atoms. The highest BCUT2D eigenvalue weighted by molar-refractivity contribution is 14.0. The Balaban J connectivity index is 0.00000676. The second-order valence-corrected chi connectivity index (χ2v) is 5.41. The van der Waals surface area contributed by atoms with Crippen molar-refractivity contribution >= 4 is 35.9 Å². The zero-order valence-electron chi connectivity index (χ0n) is 16.7. The van der Waals surface area contributed by atoms with Gasteiger partial charge in [-0.25, -0.2) is 0 Å². The Morgan fingerprint density at radius 1 is 1.07 bits per heavy atom. The number of carbonyl (C=O) groups excluding carboxylic acids is 1. The number of guanidine groups is 1. The summed E-state index contributed by atoms with van der Waals surface area (Å²) in [5, 5.41) is 6.43. The fourth-order valence-electron chi connectivity index (χ4n) is 2.28. The summed E-state index contributed by atoms with van der Waals surface area (Å²) in [5.74, 6) is 1.96. The molecule has 0 aliphatic heterocycles. The molecule has 27 heavy (non-hydrogen) atoms. The smallest absolute Gasteiger partial charge is 0.307 e. The second-order valence-electron chi connectivity index (χ2n) is 5.41. The Morgan fingerprint density at radius 2 is 1.78 bits per heavy atom. The lowest BCUT2D eigenvalue weighted by atomic mass is 10.1. The van der Waals surface area contributed by atoms with Gasteiger partial charge in [-0.1, -0.05) is 6.07 Å². The summed E-state index contributed by atoms with van der Waals surface area (Å²) in [7, 11) is 1.38. The van der Waals surface area contributed by atoms with Crippen LogP contribution in [0.5, 0.6) is 11.5 Å². The third-order valence-corrected chi connectivity index (χ3v) is 3.47. The van der Waals surface area contributed by atoms with Crippen molar-refractivity contribution in [1.29, 1.82) is 0 Å². The highest BCUT2D eigenvalue weighted by Gasteiger charge is 2.06. The molecule has 0 saturated carbocycles. The van der Waals surface area contributed by atoms with E-state index >= 15 is 0 Å². The Labute approximate surface area is 179 Å². The molecule has 0 bridgehead atoms. The van der Waals surface area contributed by atoms with Gasteiger partial charge in [0.2, 0.25) is 0 Å². The van der Waals surface area contributed by atoms with Crippen molar-refractivity contribution in [3.8, 4) is 11.5 Å². The number of esters is 1. The first-order valence-corrected chi connectivity index (χ1v) is 9.12. The molecule has 0 aliphatic rings. The molecule has 1 aromatic rings. The van der Waals surface area contributed by atoms with Crippen molar-refractivity contribution in [3.63, 3.8) is 0 Å². The molecule has 1 aromatic carbocycles.